The predicted octanol–water partition coefficient (Wildman–Crippen LogP) is 3.85. The third-order valence-corrected chi connectivity index (χ3v) is 3.83. The molecule has 3 atom stereocenters. The van der Waals surface area contributed by atoms with Crippen molar-refractivity contribution in [2.45, 2.75) is 50.9 Å². The third kappa shape index (κ3) is 3.93. The van der Waals surface area contributed by atoms with Crippen LogP contribution in [0, 0.1) is 5.92 Å². The molecule has 0 spiro atoms. The Bertz CT molecular complexity index is 391. The topological polar surface area (TPSA) is 24.9 Å². The number of rotatable bonds is 3. The van der Waals surface area contributed by atoms with Crippen molar-refractivity contribution in [3.63, 3.8) is 0 Å². The van der Waals surface area contributed by atoms with Gasteiger partial charge in [0.2, 0.25) is 0 Å². The smallest absolute Gasteiger partial charge is 0.307 e. The molecule has 3 unspecified atom stereocenters. The molecule has 0 radical (unpaired) electrons. The number of pyridine rings is 1. The monoisotopic (exact) mass is 272 g/mol. The van der Waals surface area contributed by atoms with Gasteiger partial charge in [0, 0.05) is 24.5 Å². The van der Waals surface area contributed by atoms with E-state index < -0.39 is 12.1 Å². The van der Waals surface area contributed by atoms with Gasteiger partial charge in [0.25, 0.3) is 0 Å². The first-order valence-corrected chi connectivity index (χ1v) is 6.69. The van der Waals surface area contributed by atoms with E-state index in [4.69, 9.17) is 0 Å². The number of nitrogens with zero attached hydrogens (tertiary/aromatic N) is 1. The molecular weight excluding hydrogens is 253 g/mol. The highest BCUT2D eigenvalue weighted by atomic mass is 19.4. The lowest BCUT2D eigenvalue weighted by Gasteiger charge is -2.33. The Balaban J connectivity index is 1.92. The fourth-order valence-corrected chi connectivity index (χ4v) is 2.74. The minimum absolute atomic E-state index is 0.0523. The summed E-state index contributed by atoms with van der Waals surface area (Å²) >= 11 is 0. The highest BCUT2D eigenvalue weighted by Gasteiger charge is 2.42. The molecule has 106 valence electrons. The van der Waals surface area contributed by atoms with Crippen molar-refractivity contribution in [3.8, 4) is 0 Å². The number of hydrogen-bond donors (Lipinski definition) is 1. The molecule has 1 aromatic rings. The fraction of sp³-hybridized carbons (Fsp3) is 0.643. The van der Waals surface area contributed by atoms with Crippen LogP contribution >= 0.6 is 0 Å². The van der Waals surface area contributed by atoms with Gasteiger partial charge in [0.1, 0.15) is 0 Å². The zero-order valence-electron chi connectivity index (χ0n) is 11.0. The molecule has 0 aliphatic heterocycles. The maximum absolute atomic E-state index is 12.7. The Morgan fingerprint density at radius 2 is 1.95 bits per heavy atom. The van der Waals surface area contributed by atoms with Crippen LogP contribution in [0.15, 0.2) is 24.5 Å². The summed E-state index contributed by atoms with van der Waals surface area (Å²) < 4.78 is 38.2. The molecule has 19 heavy (non-hydrogen) atoms. The highest BCUT2D eigenvalue weighted by Crippen LogP contribution is 2.38. The van der Waals surface area contributed by atoms with Gasteiger partial charge in [-0.15, -0.1) is 0 Å². The van der Waals surface area contributed by atoms with Gasteiger partial charge in [-0.05, 0) is 43.9 Å². The van der Waals surface area contributed by atoms with Crippen LogP contribution in [0.5, 0.6) is 0 Å². The van der Waals surface area contributed by atoms with Crippen molar-refractivity contribution >= 4 is 0 Å². The number of nitrogens with one attached hydrogen (secondary N) is 1. The van der Waals surface area contributed by atoms with Crippen LogP contribution < -0.4 is 5.32 Å². The van der Waals surface area contributed by atoms with Gasteiger partial charge in [0.05, 0.1) is 5.92 Å². The minimum Gasteiger partial charge on any atom is -0.307 e. The Hall–Kier alpha value is -1.10. The van der Waals surface area contributed by atoms with E-state index in [0.29, 0.717) is 6.42 Å². The van der Waals surface area contributed by atoms with Crippen molar-refractivity contribution in [3.05, 3.63) is 30.1 Å². The number of alkyl halides is 3. The lowest BCUT2D eigenvalue weighted by atomic mass is 9.85. The summed E-state index contributed by atoms with van der Waals surface area (Å²) in [4.78, 5) is 3.94. The van der Waals surface area contributed by atoms with E-state index in [1.807, 2.05) is 19.1 Å². The lowest BCUT2D eigenvalue weighted by Crippen LogP contribution is -2.39. The zero-order valence-corrected chi connectivity index (χ0v) is 11.0. The molecule has 2 nitrogen and oxygen atoms in total. The normalized spacial score (nSPS) is 26.1. The summed E-state index contributed by atoms with van der Waals surface area (Å²) in [5.41, 5.74) is 1.06. The van der Waals surface area contributed by atoms with E-state index in [2.05, 4.69) is 10.3 Å². The molecule has 0 amide bonds. The first-order chi connectivity index (χ1) is 8.97. The highest BCUT2D eigenvalue weighted by molar-refractivity contribution is 5.14. The zero-order chi connectivity index (χ0) is 13.9. The van der Waals surface area contributed by atoms with Crippen LogP contribution in [0.4, 0.5) is 13.2 Å². The van der Waals surface area contributed by atoms with Crippen LogP contribution in [0.25, 0.3) is 0 Å². The van der Waals surface area contributed by atoms with Crippen LogP contribution in [0.2, 0.25) is 0 Å². The van der Waals surface area contributed by atoms with Crippen LogP contribution in [0.1, 0.15) is 44.2 Å². The molecule has 1 aromatic heterocycles. The van der Waals surface area contributed by atoms with E-state index in [1.165, 1.54) is 0 Å². The van der Waals surface area contributed by atoms with Gasteiger partial charge in [0.15, 0.2) is 0 Å². The summed E-state index contributed by atoms with van der Waals surface area (Å²) in [7, 11) is 0. The maximum Gasteiger partial charge on any atom is 0.391 e. The average Bonchev–Trinajstić information content (AvgIpc) is 2.39. The van der Waals surface area contributed by atoms with Gasteiger partial charge in [-0.3, -0.25) is 4.98 Å². The summed E-state index contributed by atoms with van der Waals surface area (Å²) in [5, 5.41) is 3.31. The standard InChI is InChI=1S/C14H19F3N2/c1-10(11-5-7-18-8-6-11)19-13-4-2-3-12(9-13)14(15,16)17/h5-8,10,12-13,19H,2-4,9H2,1H3. The molecule has 1 fully saturated rings. The first-order valence-electron chi connectivity index (χ1n) is 6.69. The molecule has 1 heterocycles. The summed E-state index contributed by atoms with van der Waals surface area (Å²) in [6, 6.07) is 3.78. The molecule has 1 saturated carbocycles. The molecular formula is C14H19F3N2. The number of hydrogen-bond acceptors (Lipinski definition) is 2. The second kappa shape index (κ2) is 5.90. The van der Waals surface area contributed by atoms with E-state index in [9.17, 15) is 13.2 Å². The second-order valence-corrected chi connectivity index (χ2v) is 5.27. The van der Waals surface area contributed by atoms with Crippen LogP contribution in [-0.2, 0) is 0 Å². The Kier molecular flexibility index (Phi) is 4.45. The number of aromatic nitrogens is 1. The Morgan fingerprint density at radius 1 is 1.26 bits per heavy atom. The average molecular weight is 272 g/mol. The first kappa shape index (κ1) is 14.3. The molecule has 0 saturated heterocycles. The SMILES string of the molecule is CC(NC1CCCC(C(F)(F)F)C1)c1ccncc1. The van der Waals surface area contributed by atoms with Crippen molar-refractivity contribution in [1.82, 2.24) is 10.3 Å². The second-order valence-electron chi connectivity index (χ2n) is 5.27. The molecule has 1 N–H and O–H groups in total. The van der Waals surface area contributed by atoms with Gasteiger partial charge >= 0.3 is 6.18 Å². The predicted molar refractivity (Wildman–Crippen MR) is 67.6 cm³/mol. The van der Waals surface area contributed by atoms with Gasteiger partial charge in [-0.2, -0.15) is 13.2 Å². The summed E-state index contributed by atoms with van der Waals surface area (Å²) in [6.45, 7) is 1.98. The van der Waals surface area contributed by atoms with Gasteiger partial charge in [-0.25, -0.2) is 0 Å². The van der Waals surface area contributed by atoms with Crippen LogP contribution in [0.3, 0.4) is 0 Å². The van der Waals surface area contributed by atoms with Crippen molar-refractivity contribution in [2.24, 2.45) is 5.92 Å². The van der Waals surface area contributed by atoms with Crippen molar-refractivity contribution in [1.29, 1.82) is 0 Å². The molecule has 0 aromatic carbocycles. The molecule has 1 aliphatic rings. The number of halogens is 3. The van der Waals surface area contributed by atoms with E-state index in [0.717, 1.165) is 12.0 Å². The third-order valence-electron chi connectivity index (χ3n) is 3.83. The van der Waals surface area contributed by atoms with Crippen LogP contribution in [-0.4, -0.2) is 17.2 Å². The minimum atomic E-state index is -4.06. The van der Waals surface area contributed by atoms with E-state index >= 15 is 0 Å². The maximum atomic E-state index is 12.7. The van der Waals surface area contributed by atoms with Crippen molar-refractivity contribution in [2.75, 3.05) is 0 Å². The molecule has 5 heteroatoms. The lowest BCUT2D eigenvalue weighted by molar-refractivity contribution is -0.183. The van der Waals surface area contributed by atoms with Gasteiger partial charge < -0.3 is 5.32 Å². The summed E-state index contributed by atoms with van der Waals surface area (Å²) in [6.07, 6.45) is 1.28. The Morgan fingerprint density at radius 3 is 2.58 bits per heavy atom. The molecule has 2 rings (SSSR count). The fourth-order valence-electron chi connectivity index (χ4n) is 2.74. The molecule has 0 bridgehead atoms. The van der Waals surface area contributed by atoms with E-state index in [-0.39, 0.29) is 24.9 Å². The Labute approximate surface area is 111 Å². The quantitative estimate of drug-likeness (QED) is 0.904. The van der Waals surface area contributed by atoms with Gasteiger partial charge in [-0.1, -0.05) is 6.42 Å². The summed E-state index contributed by atoms with van der Waals surface area (Å²) in [5.74, 6) is -1.15. The molecule has 1 aliphatic carbocycles. The van der Waals surface area contributed by atoms with E-state index in [1.54, 1.807) is 12.4 Å². The largest absolute Gasteiger partial charge is 0.391 e. The van der Waals surface area contributed by atoms with Crippen molar-refractivity contribution < 1.29 is 13.2 Å².